The van der Waals surface area contributed by atoms with Crippen molar-refractivity contribution >= 4 is 23.0 Å². The Morgan fingerprint density at radius 1 is 1.10 bits per heavy atom. The van der Waals surface area contributed by atoms with Crippen LogP contribution < -0.4 is 10.6 Å². The largest absolute Gasteiger partial charge is 0.358 e. The van der Waals surface area contributed by atoms with Crippen LogP contribution in [0.4, 0.5) is 5.69 Å². The topological polar surface area (TPSA) is 24.1 Å². The van der Waals surface area contributed by atoms with E-state index in [1.54, 1.807) is 0 Å². The molecule has 0 saturated heterocycles. The van der Waals surface area contributed by atoms with Crippen LogP contribution in [0.25, 0.3) is 0 Å². The van der Waals surface area contributed by atoms with E-state index in [9.17, 15) is 0 Å². The fourth-order valence-corrected chi connectivity index (χ4v) is 2.58. The third-order valence-corrected chi connectivity index (χ3v) is 3.99. The van der Waals surface area contributed by atoms with Crippen LogP contribution in [0.15, 0.2) is 12.1 Å². The zero-order valence-corrected chi connectivity index (χ0v) is 14.5. The fourth-order valence-electron chi connectivity index (χ4n) is 2.20. The minimum absolute atomic E-state index is 0.0214. The SMILES string of the molecule is CCc1cc(C)cc(CC)c1NC(=S)NC(C)(C)CC. The van der Waals surface area contributed by atoms with Gasteiger partial charge in [0.2, 0.25) is 0 Å². The first-order valence-corrected chi connectivity index (χ1v) is 7.95. The average molecular weight is 292 g/mol. The molecule has 0 aliphatic heterocycles. The number of anilines is 1. The lowest BCUT2D eigenvalue weighted by molar-refractivity contribution is 0.448. The number of hydrogen-bond donors (Lipinski definition) is 2. The van der Waals surface area contributed by atoms with Gasteiger partial charge in [0, 0.05) is 11.2 Å². The van der Waals surface area contributed by atoms with Gasteiger partial charge in [-0.25, -0.2) is 0 Å². The Morgan fingerprint density at radius 2 is 1.60 bits per heavy atom. The van der Waals surface area contributed by atoms with Crippen LogP contribution in [-0.2, 0) is 12.8 Å². The first kappa shape index (κ1) is 17.0. The van der Waals surface area contributed by atoms with Crippen LogP contribution in [0.2, 0.25) is 0 Å². The predicted octanol–water partition coefficient (Wildman–Crippen LogP) is 4.59. The van der Waals surface area contributed by atoms with Crippen LogP contribution in [0.3, 0.4) is 0 Å². The summed E-state index contributed by atoms with van der Waals surface area (Å²) < 4.78 is 0. The second-order valence-electron chi connectivity index (χ2n) is 5.98. The van der Waals surface area contributed by atoms with Crippen molar-refractivity contribution in [3.8, 4) is 0 Å². The van der Waals surface area contributed by atoms with Crippen molar-refractivity contribution in [2.75, 3.05) is 5.32 Å². The van der Waals surface area contributed by atoms with E-state index in [-0.39, 0.29) is 5.54 Å². The summed E-state index contributed by atoms with van der Waals surface area (Å²) in [5.74, 6) is 0. The maximum atomic E-state index is 5.48. The fraction of sp³-hybridized carbons (Fsp3) is 0.588. The normalized spacial score (nSPS) is 11.3. The van der Waals surface area contributed by atoms with Gasteiger partial charge < -0.3 is 10.6 Å². The van der Waals surface area contributed by atoms with Crippen molar-refractivity contribution in [3.63, 3.8) is 0 Å². The van der Waals surface area contributed by atoms with Crippen LogP contribution in [0.1, 0.15) is 57.7 Å². The van der Waals surface area contributed by atoms with Crippen LogP contribution >= 0.6 is 12.2 Å². The van der Waals surface area contributed by atoms with Crippen LogP contribution in [0.5, 0.6) is 0 Å². The molecule has 0 aromatic heterocycles. The molecular weight excluding hydrogens is 264 g/mol. The molecular formula is C17H28N2S. The third-order valence-electron chi connectivity index (χ3n) is 3.78. The van der Waals surface area contributed by atoms with E-state index >= 15 is 0 Å². The number of aryl methyl sites for hydroxylation is 3. The molecule has 0 heterocycles. The van der Waals surface area contributed by atoms with Gasteiger partial charge in [-0.05, 0) is 63.4 Å². The Labute approximate surface area is 129 Å². The Bertz CT molecular complexity index is 453. The van der Waals surface area contributed by atoms with E-state index in [4.69, 9.17) is 12.2 Å². The van der Waals surface area contributed by atoms with E-state index in [2.05, 4.69) is 64.3 Å². The van der Waals surface area contributed by atoms with E-state index < -0.39 is 0 Å². The maximum Gasteiger partial charge on any atom is 0.171 e. The van der Waals surface area contributed by atoms with Gasteiger partial charge in [0.1, 0.15) is 0 Å². The monoisotopic (exact) mass is 292 g/mol. The van der Waals surface area contributed by atoms with Gasteiger partial charge in [-0.2, -0.15) is 0 Å². The summed E-state index contributed by atoms with van der Waals surface area (Å²) in [5, 5.41) is 7.52. The Hall–Kier alpha value is -1.09. The molecule has 0 spiro atoms. The van der Waals surface area contributed by atoms with Crippen molar-refractivity contribution in [2.24, 2.45) is 0 Å². The highest BCUT2D eigenvalue weighted by Gasteiger charge is 2.17. The van der Waals surface area contributed by atoms with E-state index in [1.165, 1.54) is 22.4 Å². The quantitative estimate of drug-likeness (QED) is 0.776. The zero-order chi connectivity index (χ0) is 15.3. The molecule has 0 fully saturated rings. The molecule has 1 aromatic rings. The second-order valence-corrected chi connectivity index (χ2v) is 6.39. The van der Waals surface area contributed by atoms with Gasteiger partial charge >= 0.3 is 0 Å². The van der Waals surface area contributed by atoms with E-state index in [1.807, 2.05) is 0 Å². The Morgan fingerprint density at radius 3 is 2.00 bits per heavy atom. The summed E-state index contributed by atoms with van der Waals surface area (Å²) >= 11 is 5.48. The smallest absolute Gasteiger partial charge is 0.171 e. The molecule has 0 aliphatic carbocycles. The number of hydrogen-bond acceptors (Lipinski definition) is 1. The summed E-state index contributed by atoms with van der Waals surface area (Å²) in [6, 6.07) is 4.49. The highest BCUT2D eigenvalue weighted by Crippen LogP contribution is 2.25. The zero-order valence-electron chi connectivity index (χ0n) is 13.7. The molecule has 3 heteroatoms. The number of rotatable bonds is 5. The molecule has 0 aliphatic rings. The van der Waals surface area contributed by atoms with E-state index in [0.717, 1.165) is 19.3 Å². The van der Waals surface area contributed by atoms with Gasteiger partial charge in [0.15, 0.2) is 5.11 Å². The average Bonchev–Trinajstić information content (AvgIpc) is 2.39. The van der Waals surface area contributed by atoms with Gasteiger partial charge in [-0.1, -0.05) is 38.5 Å². The molecule has 0 unspecified atom stereocenters. The number of thiocarbonyl (C=S) groups is 1. The van der Waals surface area contributed by atoms with Crippen molar-refractivity contribution in [2.45, 2.75) is 66.3 Å². The van der Waals surface area contributed by atoms with Crippen LogP contribution in [-0.4, -0.2) is 10.7 Å². The summed E-state index contributed by atoms with van der Waals surface area (Å²) in [6.07, 6.45) is 3.05. The molecule has 2 nitrogen and oxygen atoms in total. The van der Waals surface area contributed by atoms with Gasteiger partial charge in [-0.3, -0.25) is 0 Å². The molecule has 1 aromatic carbocycles. The summed E-state index contributed by atoms with van der Waals surface area (Å²) in [7, 11) is 0. The first-order valence-electron chi connectivity index (χ1n) is 7.54. The highest BCUT2D eigenvalue weighted by molar-refractivity contribution is 7.80. The number of nitrogens with one attached hydrogen (secondary N) is 2. The molecule has 0 amide bonds. The predicted molar refractivity (Wildman–Crippen MR) is 93.7 cm³/mol. The minimum atomic E-state index is 0.0214. The minimum Gasteiger partial charge on any atom is -0.358 e. The van der Waals surface area contributed by atoms with Crippen molar-refractivity contribution < 1.29 is 0 Å². The Balaban J connectivity index is 2.99. The van der Waals surface area contributed by atoms with Crippen molar-refractivity contribution in [1.29, 1.82) is 0 Å². The molecule has 0 bridgehead atoms. The van der Waals surface area contributed by atoms with Crippen molar-refractivity contribution in [3.05, 3.63) is 28.8 Å². The second kappa shape index (κ2) is 7.07. The molecule has 112 valence electrons. The summed E-state index contributed by atoms with van der Waals surface area (Å²) in [6.45, 7) is 13.0. The lowest BCUT2D eigenvalue weighted by atomic mass is 9.99. The molecule has 0 saturated carbocycles. The summed E-state index contributed by atoms with van der Waals surface area (Å²) in [4.78, 5) is 0. The first-order chi connectivity index (χ1) is 9.32. The van der Waals surface area contributed by atoms with E-state index in [0.29, 0.717) is 5.11 Å². The third kappa shape index (κ3) is 4.48. The molecule has 20 heavy (non-hydrogen) atoms. The van der Waals surface area contributed by atoms with Gasteiger partial charge in [0.05, 0.1) is 0 Å². The van der Waals surface area contributed by atoms with Gasteiger partial charge in [-0.15, -0.1) is 0 Å². The standard InChI is InChI=1S/C17H28N2S/c1-7-13-10-12(4)11-14(8-2)15(13)18-16(20)19-17(5,6)9-3/h10-11H,7-9H2,1-6H3,(H2,18,19,20). The molecule has 0 radical (unpaired) electrons. The lowest BCUT2D eigenvalue weighted by Crippen LogP contribution is -2.45. The highest BCUT2D eigenvalue weighted by atomic mass is 32.1. The van der Waals surface area contributed by atoms with Crippen LogP contribution in [0, 0.1) is 6.92 Å². The molecule has 1 rings (SSSR count). The molecule has 2 N–H and O–H groups in total. The summed E-state index contributed by atoms with van der Waals surface area (Å²) in [5.41, 5.74) is 5.19. The molecule has 0 atom stereocenters. The number of benzene rings is 1. The van der Waals surface area contributed by atoms with Gasteiger partial charge in [0.25, 0.3) is 0 Å². The van der Waals surface area contributed by atoms with Crippen molar-refractivity contribution in [1.82, 2.24) is 5.32 Å². The Kier molecular flexibility index (Phi) is 6.00. The lowest BCUT2D eigenvalue weighted by Gasteiger charge is -2.27. The maximum absolute atomic E-state index is 5.48.